The summed E-state index contributed by atoms with van der Waals surface area (Å²) in [6, 6.07) is 0.851. The molecule has 0 spiro atoms. The predicted octanol–water partition coefficient (Wildman–Crippen LogP) is 2.25. The standard InChI is InChI=1S/C9H7ClF2O3/c1-15-6-3-5(11)8(10)9(12)4(6)2-7(13)14/h3H,2H2,1H3,(H,13,14). The molecule has 0 fully saturated rings. The molecule has 1 rings (SSSR count). The van der Waals surface area contributed by atoms with Crippen molar-refractivity contribution in [3.63, 3.8) is 0 Å². The van der Waals surface area contributed by atoms with Gasteiger partial charge in [0.1, 0.15) is 16.6 Å². The smallest absolute Gasteiger partial charge is 0.308 e. The van der Waals surface area contributed by atoms with E-state index in [-0.39, 0.29) is 11.3 Å². The maximum Gasteiger partial charge on any atom is 0.308 e. The maximum absolute atomic E-state index is 13.4. The Morgan fingerprint density at radius 2 is 2.20 bits per heavy atom. The molecule has 1 N–H and O–H groups in total. The summed E-state index contributed by atoms with van der Waals surface area (Å²) in [5.41, 5.74) is -0.267. The highest BCUT2D eigenvalue weighted by molar-refractivity contribution is 6.31. The monoisotopic (exact) mass is 236 g/mol. The first-order valence-electron chi connectivity index (χ1n) is 3.89. The van der Waals surface area contributed by atoms with Crippen molar-refractivity contribution in [1.82, 2.24) is 0 Å². The number of benzene rings is 1. The highest BCUT2D eigenvalue weighted by Crippen LogP contribution is 2.30. The van der Waals surface area contributed by atoms with Crippen LogP contribution < -0.4 is 4.74 Å². The van der Waals surface area contributed by atoms with Crippen LogP contribution in [0.25, 0.3) is 0 Å². The van der Waals surface area contributed by atoms with Crippen molar-refractivity contribution in [2.45, 2.75) is 6.42 Å². The molecule has 0 bridgehead atoms. The fraction of sp³-hybridized carbons (Fsp3) is 0.222. The quantitative estimate of drug-likeness (QED) is 0.819. The first kappa shape index (κ1) is 11.7. The SMILES string of the molecule is COc1cc(F)c(Cl)c(F)c1CC(=O)O. The summed E-state index contributed by atoms with van der Waals surface area (Å²) in [4.78, 5) is 10.4. The highest BCUT2D eigenvalue weighted by Gasteiger charge is 2.19. The van der Waals surface area contributed by atoms with Gasteiger partial charge in [-0.2, -0.15) is 0 Å². The van der Waals surface area contributed by atoms with Gasteiger partial charge < -0.3 is 9.84 Å². The van der Waals surface area contributed by atoms with E-state index in [4.69, 9.17) is 16.7 Å². The first-order valence-corrected chi connectivity index (χ1v) is 4.27. The van der Waals surface area contributed by atoms with Crippen molar-refractivity contribution in [1.29, 1.82) is 0 Å². The number of hydrogen-bond donors (Lipinski definition) is 1. The minimum absolute atomic E-state index is 0.170. The van der Waals surface area contributed by atoms with Gasteiger partial charge in [0.05, 0.1) is 13.5 Å². The molecule has 1 aromatic rings. The number of methoxy groups -OCH3 is 1. The van der Waals surface area contributed by atoms with E-state index in [0.717, 1.165) is 6.07 Å². The van der Waals surface area contributed by atoms with Crippen molar-refractivity contribution in [2.24, 2.45) is 0 Å². The van der Waals surface area contributed by atoms with Gasteiger partial charge in [0.25, 0.3) is 0 Å². The van der Waals surface area contributed by atoms with E-state index in [1.165, 1.54) is 7.11 Å². The fourth-order valence-electron chi connectivity index (χ4n) is 1.11. The maximum atomic E-state index is 13.4. The van der Waals surface area contributed by atoms with Gasteiger partial charge in [-0.25, -0.2) is 8.78 Å². The van der Waals surface area contributed by atoms with E-state index in [1.54, 1.807) is 0 Å². The van der Waals surface area contributed by atoms with Crippen molar-refractivity contribution >= 4 is 17.6 Å². The number of rotatable bonds is 3. The summed E-state index contributed by atoms with van der Waals surface area (Å²) in [5.74, 6) is -3.51. The van der Waals surface area contributed by atoms with Gasteiger partial charge in [0.2, 0.25) is 0 Å². The van der Waals surface area contributed by atoms with Crippen molar-refractivity contribution in [3.05, 3.63) is 28.3 Å². The van der Waals surface area contributed by atoms with Crippen LogP contribution >= 0.6 is 11.6 Å². The molecule has 0 aliphatic heterocycles. The zero-order valence-corrected chi connectivity index (χ0v) is 8.44. The van der Waals surface area contributed by atoms with Gasteiger partial charge in [-0.05, 0) is 0 Å². The molecular formula is C9H7ClF2O3. The Balaban J connectivity index is 3.33. The zero-order chi connectivity index (χ0) is 11.6. The van der Waals surface area contributed by atoms with Gasteiger partial charge in [-0.1, -0.05) is 11.6 Å². The molecule has 0 aromatic heterocycles. The third-order valence-electron chi connectivity index (χ3n) is 1.77. The van der Waals surface area contributed by atoms with Crippen LogP contribution in [0.4, 0.5) is 8.78 Å². The highest BCUT2D eigenvalue weighted by atomic mass is 35.5. The molecule has 0 heterocycles. The van der Waals surface area contributed by atoms with E-state index >= 15 is 0 Å². The number of halogens is 3. The van der Waals surface area contributed by atoms with Crippen LogP contribution in [0.5, 0.6) is 5.75 Å². The average molecular weight is 237 g/mol. The van der Waals surface area contributed by atoms with Crippen LogP contribution in [0.15, 0.2) is 6.07 Å². The molecule has 0 saturated carbocycles. The number of aliphatic carboxylic acids is 1. The Labute approximate surface area is 89.2 Å². The van der Waals surface area contributed by atoms with Crippen LogP contribution in [0.1, 0.15) is 5.56 Å². The second-order valence-electron chi connectivity index (χ2n) is 2.74. The molecule has 0 radical (unpaired) electrons. The Kier molecular flexibility index (Phi) is 3.47. The minimum atomic E-state index is -1.25. The summed E-state index contributed by atoms with van der Waals surface area (Å²) in [6.45, 7) is 0. The molecule has 82 valence electrons. The molecular weight excluding hydrogens is 230 g/mol. The summed E-state index contributed by atoms with van der Waals surface area (Å²) in [7, 11) is 1.19. The Hall–Kier alpha value is -1.36. The summed E-state index contributed by atoms with van der Waals surface area (Å²) < 4.78 is 31.0. The molecule has 0 aliphatic carbocycles. The summed E-state index contributed by atoms with van der Waals surface area (Å²) >= 11 is 5.30. The van der Waals surface area contributed by atoms with Crippen LogP contribution in [-0.2, 0) is 11.2 Å². The van der Waals surface area contributed by atoms with Crippen molar-refractivity contribution in [3.8, 4) is 5.75 Å². The lowest BCUT2D eigenvalue weighted by Gasteiger charge is -2.09. The fourth-order valence-corrected chi connectivity index (χ4v) is 1.28. The van der Waals surface area contributed by atoms with Crippen LogP contribution in [-0.4, -0.2) is 18.2 Å². The number of ether oxygens (including phenoxy) is 1. The Morgan fingerprint density at radius 3 is 2.67 bits per heavy atom. The largest absolute Gasteiger partial charge is 0.496 e. The average Bonchev–Trinajstić information content (AvgIpc) is 2.18. The topological polar surface area (TPSA) is 46.5 Å². The normalized spacial score (nSPS) is 10.1. The van der Waals surface area contributed by atoms with Crippen molar-refractivity contribution < 1.29 is 23.4 Å². The number of carboxylic acid groups (broad SMARTS) is 1. The van der Waals surface area contributed by atoms with E-state index in [9.17, 15) is 13.6 Å². The lowest BCUT2D eigenvalue weighted by molar-refractivity contribution is -0.136. The van der Waals surface area contributed by atoms with Crippen LogP contribution in [0.2, 0.25) is 5.02 Å². The minimum Gasteiger partial charge on any atom is -0.496 e. The second-order valence-corrected chi connectivity index (χ2v) is 3.12. The van der Waals surface area contributed by atoms with E-state index in [2.05, 4.69) is 4.74 Å². The predicted molar refractivity (Wildman–Crippen MR) is 49.3 cm³/mol. The molecule has 1 aromatic carbocycles. The van der Waals surface area contributed by atoms with Gasteiger partial charge in [-0.3, -0.25) is 4.79 Å². The van der Waals surface area contributed by atoms with E-state index < -0.39 is 29.0 Å². The molecule has 0 saturated heterocycles. The Bertz CT molecular complexity index is 407. The number of hydrogen-bond acceptors (Lipinski definition) is 2. The lowest BCUT2D eigenvalue weighted by atomic mass is 10.1. The van der Waals surface area contributed by atoms with Crippen molar-refractivity contribution in [2.75, 3.05) is 7.11 Å². The number of carboxylic acids is 1. The first-order chi connectivity index (χ1) is 6.97. The van der Waals surface area contributed by atoms with Crippen LogP contribution in [0, 0.1) is 11.6 Å². The molecule has 6 heteroatoms. The molecule has 15 heavy (non-hydrogen) atoms. The van der Waals surface area contributed by atoms with Gasteiger partial charge in [0.15, 0.2) is 5.82 Å². The van der Waals surface area contributed by atoms with Crippen LogP contribution in [0.3, 0.4) is 0 Å². The molecule has 0 aliphatic rings. The summed E-state index contributed by atoms with van der Waals surface area (Å²) in [6.07, 6.45) is -0.616. The van der Waals surface area contributed by atoms with Gasteiger partial charge >= 0.3 is 5.97 Å². The lowest BCUT2D eigenvalue weighted by Crippen LogP contribution is -2.06. The molecule has 0 atom stereocenters. The Morgan fingerprint density at radius 1 is 1.60 bits per heavy atom. The molecule has 0 amide bonds. The number of carbonyl (C=O) groups is 1. The van der Waals surface area contributed by atoms with E-state index in [1.807, 2.05) is 0 Å². The molecule has 0 unspecified atom stereocenters. The third-order valence-corrected chi connectivity index (χ3v) is 2.12. The van der Waals surface area contributed by atoms with Gasteiger partial charge in [-0.15, -0.1) is 0 Å². The summed E-state index contributed by atoms with van der Waals surface area (Å²) in [5, 5.41) is 7.78. The van der Waals surface area contributed by atoms with E-state index in [0.29, 0.717) is 0 Å². The van der Waals surface area contributed by atoms with Gasteiger partial charge in [0, 0.05) is 11.6 Å². The second kappa shape index (κ2) is 4.44. The third kappa shape index (κ3) is 2.36. The molecule has 3 nitrogen and oxygen atoms in total. The zero-order valence-electron chi connectivity index (χ0n) is 7.68.